The third-order valence-electron chi connectivity index (χ3n) is 4.67. The van der Waals surface area contributed by atoms with E-state index in [4.69, 9.17) is 0 Å². The predicted octanol–water partition coefficient (Wildman–Crippen LogP) is 2.60. The average molecular weight is 399 g/mol. The van der Waals surface area contributed by atoms with E-state index in [-0.39, 0.29) is 0 Å². The van der Waals surface area contributed by atoms with Crippen LogP contribution in [0.15, 0.2) is 43.0 Å². The summed E-state index contributed by atoms with van der Waals surface area (Å²) in [7, 11) is 0. The molecule has 4 rings (SSSR count). The number of carbonyl (C=O) groups is 1. The molecule has 0 aliphatic carbocycles. The Hall–Kier alpha value is -3.56. The van der Waals surface area contributed by atoms with Crippen molar-refractivity contribution >= 4 is 17.5 Å². The molecule has 0 unspecified atom stereocenters. The minimum atomic E-state index is -0.805. The van der Waals surface area contributed by atoms with Crippen LogP contribution in [0.2, 0.25) is 0 Å². The number of rotatable bonds is 3. The number of urea groups is 1. The van der Waals surface area contributed by atoms with Crippen LogP contribution in [0.5, 0.6) is 0 Å². The number of carbonyl (C=O) groups excluding carboxylic acids is 1. The van der Waals surface area contributed by atoms with Crippen LogP contribution >= 0.6 is 0 Å². The molecule has 1 saturated heterocycles. The van der Waals surface area contributed by atoms with Crippen LogP contribution in [0.1, 0.15) is 5.82 Å². The highest BCUT2D eigenvalue weighted by molar-refractivity contribution is 5.89. The van der Waals surface area contributed by atoms with Crippen molar-refractivity contribution in [3.05, 3.63) is 60.4 Å². The maximum Gasteiger partial charge on any atom is 0.322 e. The zero-order chi connectivity index (χ0) is 20.4. The number of hydrogen-bond acceptors (Lipinski definition) is 5. The molecule has 0 saturated carbocycles. The van der Waals surface area contributed by atoms with E-state index in [1.54, 1.807) is 23.3 Å². The van der Waals surface area contributed by atoms with Gasteiger partial charge in [-0.1, -0.05) is 6.07 Å². The lowest BCUT2D eigenvalue weighted by Crippen LogP contribution is -2.50. The van der Waals surface area contributed by atoms with Crippen LogP contribution in [0, 0.1) is 18.6 Å². The number of halogens is 2. The fourth-order valence-corrected chi connectivity index (χ4v) is 3.17. The predicted molar refractivity (Wildman–Crippen MR) is 103 cm³/mol. The van der Waals surface area contributed by atoms with Gasteiger partial charge in [-0.05, 0) is 19.1 Å². The van der Waals surface area contributed by atoms with Crippen molar-refractivity contribution < 1.29 is 13.6 Å². The molecule has 0 atom stereocenters. The second-order valence-corrected chi connectivity index (χ2v) is 6.60. The second-order valence-electron chi connectivity index (χ2n) is 6.60. The molecule has 1 N–H and O–H groups in total. The van der Waals surface area contributed by atoms with E-state index in [0.717, 1.165) is 18.0 Å². The van der Waals surface area contributed by atoms with Gasteiger partial charge in [0.1, 0.15) is 41.1 Å². The number of imidazole rings is 1. The van der Waals surface area contributed by atoms with Crippen molar-refractivity contribution in [2.75, 3.05) is 36.4 Å². The summed E-state index contributed by atoms with van der Waals surface area (Å²) < 4.78 is 29.3. The number of hydrogen-bond donors (Lipinski definition) is 1. The van der Waals surface area contributed by atoms with Crippen LogP contribution in [0.25, 0.3) is 5.82 Å². The zero-order valence-corrected chi connectivity index (χ0v) is 15.7. The Labute approximate surface area is 165 Å². The van der Waals surface area contributed by atoms with Gasteiger partial charge in [0.05, 0.1) is 0 Å². The van der Waals surface area contributed by atoms with Gasteiger partial charge in [0.25, 0.3) is 0 Å². The molecule has 29 heavy (non-hydrogen) atoms. The van der Waals surface area contributed by atoms with Crippen molar-refractivity contribution in [1.29, 1.82) is 0 Å². The number of aromatic nitrogens is 4. The number of anilines is 2. The monoisotopic (exact) mass is 399 g/mol. The number of nitrogens with zero attached hydrogens (tertiary/aromatic N) is 6. The zero-order valence-electron chi connectivity index (χ0n) is 15.7. The maximum absolute atomic E-state index is 13.8. The molecule has 3 heterocycles. The molecule has 1 fully saturated rings. The first-order valence-corrected chi connectivity index (χ1v) is 9.10. The molecular formula is C19H19F2N7O. The normalized spacial score (nSPS) is 14.2. The Morgan fingerprint density at radius 3 is 2.41 bits per heavy atom. The lowest BCUT2D eigenvalue weighted by Gasteiger charge is -2.35. The van der Waals surface area contributed by atoms with Gasteiger partial charge >= 0.3 is 6.03 Å². The molecule has 3 aromatic rings. The van der Waals surface area contributed by atoms with Crippen molar-refractivity contribution in [3.63, 3.8) is 0 Å². The number of nitrogens with one attached hydrogen (secondary N) is 1. The highest BCUT2D eigenvalue weighted by Crippen LogP contribution is 2.20. The Balaban J connectivity index is 1.43. The lowest BCUT2D eigenvalue weighted by atomic mass is 10.3. The summed E-state index contributed by atoms with van der Waals surface area (Å²) in [4.78, 5) is 28.9. The minimum Gasteiger partial charge on any atom is -0.353 e. The molecule has 150 valence electrons. The van der Waals surface area contributed by atoms with Gasteiger partial charge in [-0.2, -0.15) is 0 Å². The Morgan fingerprint density at radius 2 is 1.76 bits per heavy atom. The Bertz CT molecular complexity index is 997. The highest BCUT2D eigenvalue weighted by Gasteiger charge is 2.24. The van der Waals surface area contributed by atoms with E-state index in [0.29, 0.717) is 37.8 Å². The van der Waals surface area contributed by atoms with Crippen LogP contribution in [-0.2, 0) is 0 Å². The van der Waals surface area contributed by atoms with Crippen molar-refractivity contribution in [2.24, 2.45) is 0 Å². The van der Waals surface area contributed by atoms with Crippen LogP contribution in [0.4, 0.5) is 25.1 Å². The molecule has 1 aliphatic rings. The van der Waals surface area contributed by atoms with E-state index >= 15 is 0 Å². The van der Waals surface area contributed by atoms with E-state index in [1.165, 1.54) is 11.0 Å². The van der Waals surface area contributed by atoms with Crippen molar-refractivity contribution in [3.8, 4) is 5.82 Å². The fourth-order valence-electron chi connectivity index (χ4n) is 3.17. The third-order valence-corrected chi connectivity index (χ3v) is 4.67. The molecule has 0 spiro atoms. The summed E-state index contributed by atoms with van der Waals surface area (Å²) >= 11 is 0. The number of aryl methyl sites for hydroxylation is 1. The molecule has 2 aromatic heterocycles. The molecule has 8 nitrogen and oxygen atoms in total. The fraction of sp³-hybridized carbons (Fsp3) is 0.263. The Morgan fingerprint density at radius 1 is 1.07 bits per heavy atom. The largest absolute Gasteiger partial charge is 0.353 e. The third kappa shape index (κ3) is 4.00. The molecule has 10 heteroatoms. The van der Waals surface area contributed by atoms with Crippen LogP contribution in [-0.4, -0.2) is 56.6 Å². The number of piperazine rings is 1. The maximum atomic E-state index is 13.8. The van der Waals surface area contributed by atoms with E-state index in [2.05, 4.69) is 20.3 Å². The van der Waals surface area contributed by atoms with Gasteiger partial charge in [0.2, 0.25) is 0 Å². The second kappa shape index (κ2) is 7.82. The number of para-hydroxylation sites is 1. The van der Waals surface area contributed by atoms with Gasteiger partial charge in [-0.3, -0.25) is 4.57 Å². The first-order chi connectivity index (χ1) is 14.0. The van der Waals surface area contributed by atoms with Gasteiger partial charge < -0.3 is 15.1 Å². The summed E-state index contributed by atoms with van der Waals surface area (Å²) in [5.41, 5.74) is -0.434. The smallest absolute Gasteiger partial charge is 0.322 e. The van der Waals surface area contributed by atoms with Crippen LogP contribution < -0.4 is 10.2 Å². The van der Waals surface area contributed by atoms with Gasteiger partial charge in [-0.15, -0.1) is 0 Å². The van der Waals surface area contributed by atoms with Crippen LogP contribution in [0.3, 0.4) is 0 Å². The Kier molecular flexibility index (Phi) is 5.07. The summed E-state index contributed by atoms with van der Waals surface area (Å²) in [5.74, 6) is 0.476. The quantitative estimate of drug-likeness (QED) is 0.733. The van der Waals surface area contributed by atoms with Crippen molar-refractivity contribution in [2.45, 2.75) is 6.92 Å². The molecule has 1 aromatic carbocycles. The highest BCUT2D eigenvalue weighted by atomic mass is 19.1. The summed E-state index contributed by atoms with van der Waals surface area (Å²) in [6.07, 6.45) is 5.14. The molecule has 0 bridgehead atoms. The minimum absolute atomic E-state index is 0.394. The van der Waals surface area contributed by atoms with Gasteiger partial charge in [0, 0.05) is 44.6 Å². The van der Waals surface area contributed by atoms with Crippen molar-refractivity contribution in [1.82, 2.24) is 24.4 Å². The molecule has 1 aliphatic heterocycles. The first kappa shape index (κ1) is 18.8. The summed E-state index contributed by atoms with van der Waals surface area (Å²) in [6.45, 7) is 3.67. The lowest BCUT2D eigenvalue weighted by molar-refractivity contribution is 0.208. The SMILES string of the molecule is Cc1nc(N2CCN(C(=O)Nc3c(F)cccc3F)CC2)cc(-n2ccnc2)n1. The summed E-state index contributed by atoms with van der Waals surface area (Å²) in [5, 5.41) is 2.32. The molecular weight excluding hydrogens is 380 g/mol. The van der Waals surface area contributed by atoms with Gasteiger partial charge in [0.15, 0.2) is 0 Å². The topological polar surface area (TPSA) is 79.2 Å². The van der Waals surface area contributed by atoms with E-state index < -0.39 is 23.4 Å². The number of benzene rings is 1. The van der Waals surface area contributed by atoms with Gasteiger partial charge in [-0.25, -0.2) is 28.5 Å². The number of amides is 2. The average Bonchev–Trinajstić information content (AvgIpc) is 3.25. The molecule has 2 amide bonds. The first-order valence-electron chi connectivity index (χ1n) is 9.10. The standard InChI is InChI=1S/C19H19F2N7O/c1-13-23-16(11-17(24-13)28-6-5-22-12-28)26-7-9-27(10-8-26)19(29)25-18-14(20)3-2-4-15(18)21/h2-6,11-12H,7-10H2,1H3,(H,25,29). The summed E-state index contributed by atoms with van der Waals surface area (Å²) in [6, 6.07) is 4.78. The van der Waals surface area contributed by atoms with E-state index in [9.17, 15) is 13.6 Å². The van der Waals surface area contributed by atoms with E-state index in [1.807, 2.05) is 17.9 Å². The molecule has 0 radical (unpaired) electrons.